The van der Waals surface area contributed by atoms with Crippen LogP contribution in [0.1, 0.15) is 113 Å². The Bertz CT molecular complexity index is 675. The summed E-state index contributed by atoms with van der Waals surface area (Å²) in [7, 11) is 0. The van der Waals surface area contributed by atoms with Crippen molar-refractivity contribution in [3.8, 4) is 11.9 Å². The van der Waals surface area contributed by atoms with E-state index in [2.05, 4.69) is 24.9 Å². The van der Waals surface area contributed by atoms with Crippen molar-refractivity contribution in [2.24, 2.45) is 5.92 Å². The molecule has 1 aromatic rings. The molecule has 0 aliphatic heterocycles. The molecule has 5 heteroatoms. The highest BCUT2D eigenvalue weighted by Crippen LogP contribution is 2.31. The van der Waals surface area contributed by atoms with Crippen LogP contribution >= 0.6 is 0 Å². The Labute approximate surface area is 182 Å². The maximum atomic E-state index is 12.6. The molecule has 0 amide bonds. The van der Waals surface area contributed by atoms with Gasteiger partial charge in [0.2, 0.25) is 5.88 Å². The van der Waals surface area contributed by atoms with Gasteiger partial charge in [-0.2, -0.15) is 5.26 Å². The van der Waals surface area contributed by atoms with Gasteiger partial charge < -0.3 is 9.47 Å². The fourth-order valence-corrected chi connectivity index (χ4v) is 4.09. The van der Waals surface area contributed by atoms with E-state index in [1.807, 2.05) is 0 Å². The minimum absolute atomic E-state index is 0.0506. The Morgan fingerprint density at radius 1 is 1.07 bits per heavy atom. The van der Waals surface area contributed by atoms with Crippen LogP contribution in [0, 0.1) is 17.2 Å². The number of carbonyl (C=O) groups is 1. The molecule has 1 aromatic heterocycles. The van der Waals surface area contributed by atoms with Crippen LogP contribution in [0.25, 0.3) is 0 Å². The summed E-state index contributed by atoms with van der Waals surface area (Å²) in [5.74, 6) is 0.709. The average Bonchev–Trinajstić information content (AvgIpc) is 2.77. The van der Waals surface area contributed by atoms with Crippen molar-refractivity contribution >= 4 is 5.97 Å². The lowest BCUT2D eigenvalue weighted by atomic mass is 9.84. The molecule has 1 aliphatic rings. The third-order valence-corrected chi connectivity index (χ3v) is 6.00. The van der Waals surface area contributed by atoms with Gasteiger partial charge >= 0.3 is 5.97 Å². The van der Waals surface area contributed by atoms with Crippen LogP contribution < -0.4 is 4.74 Å². The zero-order valence-electron chi connectivity index (χ0n) is 18.8. The highest BCUT2D eigenvalue weighted by molar-refractivity contribution is 5.92. The summed E-state index contributed by atoms with van der Waals surface area (Å²) in [5, 5.41) is 9.44. The summed E-state index contributed by atoms with van der Waals surface area (Å²) in [6, 6.07) is 3.62. The molecule has 0 bridgehead atoms. The number of ether oxygens (including phenoxy) is 2. The Kier molecular flexibility index (Phi) is 11.3. The molecule has 0 unspecified atom stereocenters. The molecule has 166 valence electrons. The summed E-state index contributed by atoms with van der Waals surface area (Å²) in [5.41, 5.74) is 0.498. The summed E-state index contributed by atoms with van der Waals surface area (Å²) in [6.07, 6.45) is 16.5. The van der Waals surface area contributed by atoms with E-state index < -0.39 is 5.97 Å². The minimum atomic E-state index is -0.445. The van der Waals surface area contributed by atoms with Crippen LogP contribution in [-0.2, 0) is 4.74 Å². The number of pyridine rings is 1. The third kappa shape index (κ3) is 8.34. The van der Waals surface area contributed by atoms with Crippen molar-refractivity contribution in [1.82, 2.24) is 4.98 Å². The number of nitriles is 1. The van der Waals surface area contributed by atoms with Crippen molar-refractivity contribution < 1.29 is 14.3 Å². The standard InChI is InChI=1S/C25H38N2O3/c1-3-5-7-8-9-11-20-12-14-22(15-13-20)30-25(28)23-19-27-24(17-21(23)18-26)29-16-10-6-4-2/h17,19-20,22H,3-16H2,1-2H3. The fourth-order valence-electron chi connectivity index (χ4n) is 4.09. The van der Waals surface area contributed by atoms with E-state index in [1.165, 1.54) is 50.8 Å². The quantitative estimate of drug-likeness (QED) is 0.269. The van der Waals surface area contributed by atoms with E-state index in [-0.39, 0.29) is 17.2 Å². The largest absolute Gasteiger partial charge is 0.478 e. The van der Waals surface area contributed by atoms with Gasteiger partial charge in [-0.3, -0.25) is 0 Å². The lowest BCUT2D eigenvalue weighted by Crippen LogP contribution is -2.25. The second-order valence-corrected chi connectivity index (χ2v) is 8.49. The molecule has 0 N–H and O–H groups in total. The van der Waals surface area contributed by atoms with Gasteiger partial charge in [0.1, 0.15) is 12.2 Å². The Balaban J connectivity index is 1.77. The zero-order valence-corrected chi connectivity index (χ0v) is 18.8. The number of hydrogen-bond acceptors (Lipinski definition) is 5. The summed E-state index contributed by atoms with van der Waals surface area (Å²) < 4.78 is 11.3. The maximum absolute atomic E-state index is 12.6. The molecular formula is C25H38N2O3. The second kappa shape index (κ2) is 14.0. The van der Waals surface area contributed by atoms with Crippen LogP contribution in [0.4, 0.5) is 0 Å². The van der Waals surface area contributed by atoms with Crippen molar-refractivity contribution in [3.63, 3.8) is 0 Å². The normalized spacial score (nSPS) is 18.6. The molecule has 0 radical (unpaired) electrons. The number of hydrogen-bond donors (Lipinski definition) is 0. The van der Waals surface area contributed by atoms with Gasteiger partial charge in [0.05, 0.1) is 17.7 Å². The molecule has 5 nitrogen and oxygen atoms in total. The predicted molar refractivity (Wildman–Crippen MR) is 119 cm³/mol. The number of unbranched alkanes of at least 4 members (excludes halogenated alkanes) is 6. The molecule has 0 spiro atoms. The molecule has 1 saturated carbocycles. The van der Waals surface area contributed by atoms with E-state index in [1.54, 1.807) is 0 Å². The molecule has 2 rings (SSSR count). The van der Waals surface area contributed by atoms with Gasteiger partial charge in [-0.15, -0.1) is 0 Å². The van der Waals surface area contributed by atoms with E-state index >= 15 is 0 Å². The van der Waals surface area contributed by atoms with Crippen LogP contribution in [0.2, 0.25) is 0 Å². The molecule has 0 atom stereocenters. The van der Waals surface area contributed by atoms with Crippen molar-refractivity contribution in [2.45, 2.75) is 103 Å². The molecular weight excluding hydrogens is 376 g/mol. The predicted octanol–water partition coefficient (Wildman–Crippen LogP) is 6.60. The Morgan fingerprint density at radius 2 is 1.77 bits per heavy atom. The van der Waals surface area contributed by atoms with Crippen molar-refractivity contribution in [3.05, 3.63) is 23.4 Å². The first-order valence-corrected chi connectivity index (χ1v) is 11.9. The topological polar surface area (TPSA) is 72.2 Å². The molecule has 0 saturated heterocycles. The number of esters is 1. The van der Waals surface area contributed by atoms with E-state index in [4.69, 9.17) is 9.47 Å². The lowest BCUT2D eigenvalue weighted by Gasteiger charge is -2.28. The van der Waals surface area contributed by atoms with Crippen LogP contribution in [0.15, 0.2) is 12.3 Å². The van der Waals surface area contributed by atoms with Gasteiger partial charge in [0.15, 0.2) is 0 Å². The monoisotopic (exact) mass is 414 g/mol. The average molecular weight is 415 g/mol. The van der Waals surface area contributed by atoms with Crippen LogP contribution in [0.3, 0.4) is 0 Å². The fraction of sp³-hybridized carbons (Fsp3) is 0.720. The van der Waals surface area contributed by atoms with Gasteiger partial charge in [-0.05, 0) is 38.0 Å². The molecule has 1 aliphatic carbocycles. The van der Waals surface area contributed by atoms with E-state index in [0.717, 1.165) is 50.9 Å². The van der Waals surface area contributed by atoms with E-state index in [9.17, 15) is 10.1 Å². The van der Waals surface area contributed by atoms with E-state index in [0.29, 0.717) is 12.5 Å². The Morgan fingerprint density at radius 3 is 2.47 bits per heavy atom. The lowest BCUT2D eigenvalue weighted by molar-refractivity contribution is 0.0160. The SMILES string of the molecule is CCCCCCCC1CCC(OC(=O)c2cnc(OCCCCC)cc2C#N)CC1. The zero-order chi connectivity index (χ0) is 21.6. The first-order chi connectivity index (χ1) is 14.7. The molecule has 30 heavy (non-hydrogen) atoms. The van der Waals surface area contributed by atoms with Crippen LogP contribution in [0.5, 0.6) is 5.88 Å². The minimum Gasteiger partial charge on any atom is -0.478 e. The van der Waals surface area contributed by atoms with Gasteiger partial charge in [-0.1, -0.05) is 65.2 Å². The number of nitrogens with zero attached hydrogens (tertiary/aromatic N) is 2. The first-order valence-electron chi connectivity index (χ1n) is 11.9. The summed E-state index contributed by atoms with van der Waals surface area (Å²) >= 11 is 0. The molecule has 1 heterocycles. The third-order valence-electron chi connectivity index (χ3n) is 6.00. The van der Waals surface area contributed by atoms with Gasteiger partial charge in [-0.25, -0.2) is 9.78 Å². The second-order valence-electron chi connectivity index (χ2n) is 8.49. The van der Waals surface area contributed by atoms with Gasteiger partial charge in [0, 0.05) is 12.3 Å². The number of carbonyl (C=O) groups excluding carboxylic acids is 1. The summed E-state index contributed by atoms with van der Waals surface area (Å²) in [6.45, 7) is 4.94. The number of aromatic nitrogens is 1. The highest BCUT2D eigenvalue weighted by atomic mass is 16.5. The Hall–Kier alpha value is -2.09. The highest BCUT2D eigenvalue weighted by Gasteiger charge is 2.25. The summed E-state index contributed by atoms with van der Waals surface area (Å²) in [4.78, 5) is 16.8. The molecule has 1 fully saturated rings. The number of rotatable bonds is 13. The van der Waals surface area contributed by atoms with Crippen molar-refractivity contribution in [2.75, 3.05) is 6.61 Å². The first kappa shape index (κ1) is 24.2. The van der Waals surface area contributed by atoms with Gasteiger partial charge in [0.25, 0.3) is 0 Å². The van der Waals surface area contributed by atoms with Crippen molar-refractivity contribution in [1.29, 1.82) is 5.26 Å². The molecule has 0 aromatic carbocycles. The van der Waals surface area contributed by atoms with Crippen LogP contribution in [-0.4, -0.2) is 23.7 Å². The maximum Gasteiger partial charge on any atom is 0.341 e. The smallest absolute Gasteiger partial charge is 0.341 e.